The Morgan fingerprint density at radius 2 is 0.685 bits per heavy atom. The topological polar surface area (TPSA) is 603 Å². The van der Waals surface area contributed by atoms with Crippen LogP contribution in [0.3, 0.4) is 0 Å². The molecule has 124 heavy (non-hydrogen) atoms. The number of unbranched alkanes of at least 4 members (excludes halogenated alkanes) is 3. The van der Waals surface area contributed by atoms with Gasteiger partial charge < -0.3 is 97.7 Å². The van der Waals surface area contributed by atoms with Crippen LogP contribution < -0.4 is 26.6 Å². The Labute approximate surface area is 699 Å². The predicted octanol–water partition coefficient (Wildman–Crippen LogP) is 9.82. The van der Waals surface area contributed by atoms with Crippen LogP contribution in [0.5, 0.6) is 11.5 Å². The Bertz CT molecular complexity index is 5730. The molecule has 3 atom stereocenters. The maximum Gasteiger partial charge on any atom is 0.335 e. The van der Waals surface area contributed by atoms with Crippen LogP contribution >= 0.6 is 0 Å². The molecule has 0 radical (unpaired) electrons. The maximum absolute atomic E-state index is 14.9. The van der Waals surface area contributed by atoms with Gasteiger partial charge in [-0.25, -0.2) is 43.2 Å². The first-order valence-electron chi connectivity index (χ1n) is 38.6. The van der Waals surface area contributed by atoms with E-state index >= 15 is 0 Å². The van der Waals surface area contributed by atoms with Crippen molar-refractivity contribution in [2.75, 3.05) is 6.54 Å². The molecule has 1 aliphatic rings. The zero-order valence-corrected chi connectivity index (χ0v) is 65.3. The number of amides is 5. The van der Waals surface area contributed by atoms with Crippen molar-refractivity contribution in [3.8, 4) is 45.3 Å². The van der Waals surface area contributed by atoms with Crippen LogP contribution in [0, 0.1) is 0 Å². The number of aromatic nitrogens is 3. The molecule has 1 aliphatic carbocycles. The van der Waals surface area contributed by atoms with Gasteiger partial charge in [0.25, 0.3) is 5.91 Å². The number of carbonyl (C=O) groups is 16. The number of aliphatic carboxylic acids is 3. The Morgan fingerprint density at radius 3 is 1.04 bits per heavy atom. The summed E-state index contributed by atoms with van der Waals surface area (Å²) in [6.07, 6.45) is -5.14. The van der Waals surface area contributed by atoms with E-state index < -0.39 is 227 Å². The van der Waals surface area contributed by atoms with Gasteiger partial charge in [-0.05, 0) is 156 Å². The number of hydrogen-bond donors (Lipinski definition) is 19. The summed E-state index contributed by atoms with van der Waals surface area (Å²) in [5, 5.41) is 129. The Hall–Kier alpha value is -16.1. The van der Waals surface area contributed by atoms with Crippen molar-refractivity contribution in [3.05, 3.63) is 236 Å². The number of fused-ring (bicyclic) bond motifs is 5. The zero-order chi connectivity index (χ0) is 89.3. The molecule has 11 aromatic rings. The minimum absolute atomic E-state index is 0.00166. The van der Waals surface area contributed by atoms with Crippen molar-refractivity contribution in [1.29, 1.82) is 0 Å². The lowest BCUT2D eigenvalue weighted by atomic mass is 9.82. The highest BCUT2D eigenvalue weighted by Gasteiger charge is 2.39. The number of phenols is 2. The second-order valence-corrected chi connectivity index (χ2v) is 29.8. The highest BCUT2D eigenvalue weighted by Crippen LogP contribution is 2.40. The fourth-order valence-corrected chi connectivity index (χ4v) is 15.5. The summed E-state index contributed by atoms with van der Waals surface area (Å²) >= 11 is 0. The largest absolute Gasteiger partial charge is 0.507 e. The molecule has 5 amide bonds. The van der Waals surface area contributed by atoms with Gasteiger partial charge in [-0.1, -0.05) is 79.6 Å². The van der Waals surface area contributed by atoms with Gasteiger partial charge in [0.15, 0.2) is 5.78 Å². The number of nitrogens with one attached hydrogen (secondary N) is 8. The molecule has 3 heterocycles. The molecule has 0 saturated heterocycles. The quantitative estimate of drug-likeness (QED) is 0.0159. The molecule has 12 rings (SSSR count). The van der Waals surface area contributed by atoms with Crippen LogP contribution in [0.4, 0.5) is 0 Å². The zero-order valence-electron chi connectivity index (χ0n) is 65.3. The number of rotatable bonds is 39. The van der Waals surface area contributed by atoms with Crippen molar-refractivity contribution in [2.24, 2.45) is 0 Å². The monoisotopic (exact) mass is 1690 g/mol. The minimum Gasteiger partial charge on any atom is -0.507 e. The van der Waals surface area contributed by atoms with Crippen molar-refractivity contribution >= 4 is 128 Å². The van der Waals surface area contributed by atoms with Gasteiger partial charge in [0.05, 0.1) is 44.5 Å². The number of aromatic carboxylic acids is 6. The standard InChI is InChI=1S/C89H78N8O27/c98-66-19-11-15-55-72(66)78(105)73-59(77(55)104)37-45(38-67(73)99)79(106)90-27-10-2-1-3-20-71(103)97-89(24-21-68(100)91-63(86(119)120)39-56-52-12-4-7-16-60(52)94-74(56)42-28-46(80(107)108)34-47(29-42)81(109)110,25-22-69(101)92-64(87(121)122)40-57-53-13-5-8-17-61(53)95-75(57)43-30-48(82(111)112)35-49(31-43)83(113)114)26-23-70(102)93-65(88(123)124)41-58-54-14-6-9-18-62(54)96-76(58)44-32-50(84(115)116)36-51(33-44)85(117)118/h4-9,11-19,28-38,63-65,94-96,98-99H,1-3,10,20-27,39-41H2,(H,90,106)(H,91,100)(H,92,101)(H,93,102)(H,97,103)(H,107,108)(H,109,110)(H,111,112)(H,113,114)(H,115,116)(H,117,118)(H,119,120)(H,121,122)(H,123,124). The second-order valence-electron chi connectivity index (χ2n) is 29.8. The smallest absolute Gasteiger partial charge is 0.335 e. The molecule has 3 unspecified atom stereocenters. The average molecular weight is 1690 g/mol. The first kappa shape index (κ1) is 87.2. The summed E-state index contributed by atoms with van der Waals surface area (Å²) in [5.41, 5.74) is -4.04. The first-order valence-corrected chi connectivity index (χ1v) is 38.6. The van der Waals surface area contributed by atoms with Gasteiger partial charge in [-0.15, -0.1) is 0 Å². The number of ketones is 2. The highest BCUT2D eigenvalue weighted by atomic mass is 16.4. The summed E-state index contributed by atoms with van der Waals surface area (Å²) in [6.45, 7) is 0.00166. The fourth-order valence-electron chi connectivity index (χ4n) is 15.5. The van der Waals surface area contributed by atoms with E-state index in [9.17, 15) is 133 Å². The van der Waals surface area contributed by atoms with Gasteiger partial charge in [-0.3, -0.25) is 33.6 Å². The molecule has 0 fully saturated rings. The summed E-state index contributed by atoms with van der Waals surface area (Å²) in [6, 6.07) is 29.4. The first-order chi connectivity index (χ1) is 59.0. The van der Waals surface area contributed by atoms with Crippen molar-refractivity contribution < 1.29 is 133 Å². The molecule has 3 aromatic heterocycles. The van der Waals surface area contributed by atoms with Gasteiger partial charge in [0.1, 0.15) is 29.6 Å². The molecule has 35 nitrogen and oxygen atoms in total. The third-order valence-electron chi connectivity index (χ3n) is 21.6. The van der Waals surface area contributed by atoms with E-state index in [0.29, 0.717) is 39.1 Å². The van der Waals surface area contributed by atoms with E-state index in [1.165, 1.54) is 18.2 Å². The maximum atomic E-state index is 14.9. The van der Waals surface area contributed by atoms with E-state index in [2.05, 4.69) is 41.5 Å². The number of aromatic amines is 3. The minimum atomic E-state index is -2.00. The lowest BCUT2D eigenvalue weighted by molar-refractivity contribution is -0.142. The van der Waals surface area contributed by atoms with Crippen LogP contribution in [-0.2, 0) is 52.8 Å². The van der Waals surface area contributed by atoms with Crippen LogP contribution in [0.1, 0.15) is 192 Å². The van der Waals surface area contributed by atoms with Gasteiger partial charge in [-0.2, -0.15) is 0 Å². The summed E-state index contributed by atoms with van der Waals surface area (Å²) in [5.74, 6) is -21.2. The molecule has 0 spiro atoms. The number of para-hydroxylation sites is 3. The van der Waals surface area contributed by atoms with E-state index in [1.54, 1.807) is 72.8 Å². The summed E-state index contributed by atoms with van der Waals surface area (Å²) < 4.78 is 0. The third kappa shape index (κ3) is 19.6. The highest BCUT2D eigenvalue weighted by molar-refractivity contribution is 6.30. The fraction of sp³-hybridized carbons (Fsp3) is 0.213. The molecule has 8 aromatic carbocycles. The number of carboxylic acids is 9. The number of aromatic hydroxyl groups is 2. The third-order valence-corrected chi connectivity index (χ3v) is 21.6. The number of carbonyl (C=O) groups excluding carboxylic acids is 7. The predicted molar refractivity (Wildman–Crippen MR) is 440 cm³/mol. The van der Waals surface area contributed by atoms with E-state index in [1.807, 2.05) is 0 Å². The number of hydrogen-bond acceptors (Lipinski definition) is 18. The van der Waals surface area contributed by atoms with E-state index in [4.69, 9.17) is 0 Å². The Balaban J connectivity index is 0.848. The van der Waals surface area contributed by atoms with Crippen LogP contribution in [-0.4, -0.2) is 196 Å². The Kier molecular flexibility index (Phi) is 26.1. The molecule has 35 heteroatoms. The summed E-state index contributed by atoms with van der Waals surface area (Å²) in [4.78, 5) is 224. The second kappa shape index (κ2) is 37.0. The van der Waals surface area contributed by atoms with Crippen molar-refractivity contribution in [1.82, 2.24) is 41.5 Å². The lowest BCUT2D eigenvalue weighted by Crippen LogP contribution is -2.52. The van der Waals surface area contributed by atoms with Gasteiger partial charge in [0, 0.05) is 124 Å². The van der Waals surface area contributed by atoms with Crippen LogP contribution in [0.25, 0.3) is 66.5 Å². The summed E-state index contributed by atoms with van der Waals surface area (Å²) in [7, 11) is 0. The van der Waals surface area contributed by atoms with Gasteiger partial charge >= 0.3 is 53.7 Å². The SMILES string of the molecule is O=C(CCC(CCC(=O)NC(Cc1c(-c2cc(C(=O)O)cc(C(=O)O)c2)[nH]c2ccccc12)C(=O)O)(CCC(=O)NC(Cc1c(-c2cc(C(=O)O)cc(C(=O)O)c2)[nH]c2ccccc12)C(=O)O)NC(=O)CCCCCCNC(=O)c1cc(O)c2c(c1)C(=O)c1cccc(O)c1C2=O)NC(Cc1c(-c2cc(C(=O)O)cc(C(=O)O)c2)[nH]c2ccccc12)C(=O)O. The van der Waals surface area contributed by atoms with E-state index in [-0.39, 0.29) is 105 Å². The Morgan fingerprint density at radius 1 is 0.339 bits per heavy atom. The van der Waals surface area contributed by atoms with Gasteiger partial charge in [0.2, 0.25) is 29.4 Å². The molecule has 0 saturated carbocycles. The number of phenolic OH excluding ortho intramolecular Hbond substituents is 2. The van der Waals surface area contributed by atoms with E-state index in [0.717, 1.165) is 66.7 Å². The van der Waals surface area contributed by atoms with Crippen LogP contribution in [0.2, 0.25) is 0 Å². The van der Waals surface area contributed by atoms with Crippen molar-refractivity contribution in [3.63, 3.8) is 0 Å². The molecule has 19 N–H and O–H groups in total. The number of H-pyrrole nitrogens is 3. The normalized spacial score (nSPS) is 12.8. The number of benzene rings is 8. The van der Waals surface area contributed by atoms with Crippen molar-refractivity contribution in [2.45, 2.75) is 114 Å². The molecular formula is C89H78N8O27. The van der Waals surface area contributed by atoms with Crippen LogP contribution in [0.15, 0.2) is 158 Å². The number of carboxylic acid groups (broad SMARTS) is 9. The molecule has 0 bridgehead atoms. The lowest BCUT2D eigenvalue weighted by Gasteiger charge is -2.35. The molecule has 636 valence electrons. The molecule has 0 aliphatic heterocycles. The molecular weight excluding hydrogens is 1610 g/mol. The average Bonchev–Trinajstić information content (AvgIpc) is 1.09.